The molecule has 5 nitrogen and oxygen atoms in total. The molecule has 0 aliphatic heterocycles. The average Bonchev–Trinajstić information content (AvgIpc) is 2.79. The predicted molar refractivity (Wildman–Crippen MR) is 61.5 cm³/mol. The summed E-state index contributed by atoms with van der Waals surface area (Å²) in [5, 5.41) is 4.15. The van der Waals surface area contributed by atoms with Crippen LogP contribution in [-0.2, 0) is 11.3 Å². The highest BCUT2D eigenvalue weighted by molar-refractivity contribution is 5.86. The summed E-state index contributed by atoms with van der Waals surface area (Å²) in [6.07, 6.45) is 5.21. The summed E-state index contributed by atoms with van der Waals surface area (Å²) in [7, 11) is 0. The third kappa shape index (κ3) is 2.90. The third-order valence-corrected chi connectivity index (χ3v) is 2.22. The van der Waals surface area contributed by atoms with Crippen LogP contribution in [0.25, 0.3) is 0 Å². The van der Waals surface area contributed by atoms with Crippen molar-refractivity contribution in [3.63, 3.8) is 0 Å². The molecular formula is C12H13N3O2. The first-order valence-corrected chi connectivity index (χ1v) is 5.39. The van der Waals surface area contributed by atoms with Crippen LogP contribution in [0.3, 0.4) is 0 Å². The van der Waals surface area contributed by atoms with Crippen LogP contribution >= 0.6 is 0 Å². The molecule has 0 bridgehead atoms. The van der Waals surface area contributed by atoms with E-state index in [1.807, 2.05) is 12.1 Å². The molecule has 0 aliphatic rings. The largest absolute Gasteiger partial charge is 0.461 e. The maximum Gasteiger partial charge on any atom is 0.358 e. The van der Waals surface area contributed by atoms with E-state index in [1.165, 1.54) is 0 Å². The normalized spacial score (nSPS) is 10.2. The van der Waals surface area contributed by atoms with Crippen LogP contribution in [0.2, 0.25) is 0 Å². The van der Waals surface area contributed by atoms with Gasteiger partial charge in [0, 0.05) is 18.6 Å². The fourth-order valence-electron chi connectivity index (χ4n) is 1.44. The van der Waals surface area contributed by atoms with E-state index in [2.05, 4.69) is 10.1 Å². The highest BCUT2D eigenvalue weighted by atomic mass is 16.5. The molecule has 0 saturated carbocycles. The van der Waals surface area contributed by atoms with Gasteiger partial charge in [0.2, 0.25) is 0 Å². The van der Waals surface area contributed by atoms with Gasteiger partial charge in [0.25, 0.3) is 0 Å². The van der Waals surface area contributed by atoms with Crippen molar-refractivity contribution >= 4 is 5.97 Å². The third-order valence-electron chi connectivity index (χ3n) is 2.22. The lowest BCUT2D eigenvalue weighted by Crippen LogP contribution is -2.07. The Morgan fingerprint density at radius 2 is 2.12 bits per heavy atom. The molecular weight excluding hydrogens is 218 g/mol. The lowest BCUT2D eigenvalue weighted by molar-refractivity contribution is 0.0518. The van der Waals surface area contributed by atoms with Crippen molar-refractivity contribution in [2.24, 2.45) is 0 Å². The van der Waals surface area contributed by atoms with Gasteiger partial charge in [-0.25, -0.2) is 4.79 Å². The molecule has 2 rings (SSSR count). The fraction of sp³-hybridized carbons (Fsp3) is 0.250. The summed E-state index contributed by atoms with van der Waals surface area (Å²) in [6.45, 7) is 2.74. The Morgan fingerprint density at radius 3 is 2.82 bits per heavy atom. The van der Waals surface area contributed by atoms with E-state index >= 15 is 0 Å². The summed E-state index contributed by atoms with van der Waals surface area (Å²) >= 11 is 0. The second kappa shape index (κ2) is 5.25. The second-order valence-electron chi connectivity index (χ2n) is 3.47. The molecule has 0 amide bonds. The van der Waals surface area contributed by atoms with Crippen LogP contribution in [0.4, 0.5) is 0 Å². The SMILES string of the molecule is CCOC(=O)c1ccn(Cc2ccncc2)n1. The Kier molecular flexibility index (Phi) is 3.49. The van der Waals surface area contributed by atoms with Crippen molar-refractivity contribution < 1.29 is 9.53 Å². The summed E-state index contributed by atoms with van der Waals surface area (Å²) in [6, 6.07) is 5.47. The lowest BCUT2D eigenvalue weighted by atomic mass is 10.3. The standard InChI is InChI=1S/C12H13N3O2/c1-2-17-12(16)11-5-8-15(14-11)9-10-3-6-13-7-4-10/h3-8H,2,9H2,1H3. The lowest BCUT2D eigenvalue weighted by Gasteiger charge is -2.01. The molecule has 17 heavy (non-hydrogen) atoms. The number of hydrogen-bond donors (Lipinski definition) is 0. The van der Waals surface area contributed by atoms with Crippen molar-refractivity contribution in [2.45, 2.75) is 13.5 Å². The molecule has 0 spiro atoms. The zero-order valence-electron chi connectivity index (χ0n) is 9.54. The summed E-state index contributed by atoms with van der Waals surface area (Å²) in [5.41, 5.74) is 1.42. The number of hydrogen-bond acceptors (Lipinski definition) is 4. The van der Waals surface area contributed by atoms with Gasteiger partial charge in [0.05, 0.1) is 13.2 Å². The van der Waals surface area contributed by atoms with Gasteiger partial charge in [-0.1, -0.05) is 0 Å². The van der Waals surface area contributed by atoms with Crippen molar-refractivity contribution in [3.8, 4) is 0 Å². The predicted octanol–water partition coefficient (Wildman–Crippen LogP) is 1.50. The molecule has 2 aromatic heterocycles. The van der Waals surface area contributed by atoms with Gasteiger partial charge in [0.15, 0.2) is 5.69 Å². The smallest absolute Gasteiger partial charge is 0.358 e. The molecule has 5 heteroatoms. The number of esters is 1. The zero-order chi connectivity index (χ0) is 12.1. The topological polar surface area (TPSA) is 57.0 Å². The molecule has 0 aliphatic carbocycles. The highest BCUT2D eigenvalue weighted by Crippen LogP contribution is 2.03. The molecule has 0 fully saturated rings. The average molecular weight is 231 g/mol. The molecule has 0 saturated heterocycles. The number of rotatable bonds is 4. The molecule has 0 atom stereocenters. The van der Waals surface area contributed by atoms with Crippen LogP contribution < -0.4 is 0 Å². The van der Waals surface area contributed by atoms with E-state index in [0.29, 0.717) is 18.8 Å². The second-order valence-corrected chi connectivity index (χ2v) is 3.47. The maximum atomic E-state index is 11.4. The van der Waals surface area contributed by atoms with Gasteiger partial charge < -0.3 is 4.74 Å². The Bertz CT molecular complexity index is 493. The summed E-state index contributed by atoms with van der Waals surface area (Å²) < 4.78 is 6.56. The van der Waals surface area contributed by atoms with E-state index in [9.17, 15) is 4.79 Å². The fourth-order valence-corrected chi connectivity index (χ4v) is 1.44. The molecule has 0 N–H and O–H groups in total. The summed E-state index contributed by atoms with van der Waals surface area (Å²) in [5.74, 6) is -0.388. The number of ether oxygens (including phenoxy) is 1. The molecule has 0 unspecified atom stereocenters. The Morgan fingerprint density at radius 1 is 1.35 bits per heavy atom. The molecule has 0 aromatic carbocycles. The van der Waals surface area contributed by atoms with Crippen molar-refractivity contribution in [2.75, 3.05) is 6.61 Å². The van der Waals surface area contributed by atoms with Gasteiger partial charge >= 0.3 is 5.97 Å². The first kappa shape index (κ1) is 11.3. The van der Waals surface area contributed by atoms with Gasteiger partial charge in [-0.15, -0.1) is 0 Å². The minimum Gasteiger partial charge on any atom is -0.461 e. The van der Waals surface area contributed by atoms with Crippen molar-refractivity contribution in [3.05, 3.63) is 48.0 Å². The molecule has 2 heterocycles. The maximum absolute atomic E-state index is 11.4. The van der Waals surface area contributed by atoms with Crippen LogP contribution in [0, 0.1) is 0 Å². The number of aromatic nitrogens is 3. The van der Waals surface area contributed by atoms with Crippen molar-refractivity contribution in [1.82, 2.24) is 14.8 Å². The quantitative estimate of drug-likeness (QED) is 0.748. The zero-order valence-corrected chi connectivity index (χ0v) is 9.54. The van der Waals surface area contributed by atoms with E-state index in [0.717, 1.165) is 5.56 Å². The number of carbonyl (C=O) groups is 1. The minimum atomic E-state index is -0.388. The van der Waals surface area contributed by atoms with E-state index in [1.54, 1.807) is 36.3 Å². The Balaban J connectivity index is 2.06. The van der Waals surface area contributed by atoms with Crippen LogP contribution in [0.1, 0.15) is 23.0 Å². The van der Waals surface area contributed by atoms with Gasteiger partial charge in [0.1, 0.15) is 0 Å². The molecule has 0 radical (unpaired) electrons. The highest BCUT2D eigenvalue weighted by Gasteiger charge is 2.09. The molecule has 88 valence electrons. The number of nitrogens with zero attached hydrogens (tertiary/aromatic N) is 3. The Labute approximate surface area is 99.1 Å². The summed E-state index contributed by atoms with van der Waals surface area (Å²) in [4.78, 5) is 15.3. The van der Waals surface area contributed by atoms with Crippen LogP contribution in [0.15, 0.2) is 36.8 Å². The van der Waals surface area contributed by atoms with Crippen LogP contribution in [-0.4, -0.2) is 27.3 Å². The molecule has 2 aromatic rings. The van der Waals surface area contributed by atoms with E-state index in [4.69, 9.17) is 4.74 Å². The van der Waals surface area contributed by atoms with Crippen LogP contribution in [0.5, 0.6) is 0 Å². The first-order chi connectivity index (χ1) is 8.29. The Hall–Kier alpha value is -2.17. The first-order valence-electron chi connectivity index (χ1n) is 5.39. The number of carbonyl (C=O) groups excluding carboxylic acids is 1. The number of pyridine rings is 1. The van der Waals surface area contributed by atoms with Gasteiger partial charge in [-0.3, -0.25) is 9.67 Å². The van der Waals surface area contributed by atoms with Gasteiger partial charge in [-0.2, -0.15) is 5.10 Å². The van der Waals surface area contributed by atoms with Crippen molar-refractivity contribution in [1.29, 1.82) is 0 Å². The monoisotopic (exact) mass is 231 g/mol. The minimum absolute atomic E-state index is 0.334. The van der Waals surface area contributed by atoms with E-state index in [-0.39, 0.29) is 5.97 Å². The van der Waals surface area contributed by atoms with Gasteiger partial charge in [-0.05, 0) is 30.7 Å². The van der Waals surface area contributed by atoms with E-state index < -0.39 is 0 Å².